The van der Waals surface area contributed by atoms with Crippen molar-refractivity contribution in [1.29, 1.82) is 0 Å². The number of hydrogen-bond donors (Lipinski definition) is 1. The molecule has 1 saturated heterocycles. The van der Waals surface area contributed by atoms with Gasteiger partial charge in [-0.2, -0.15) is 21.6 Å². The second-order valence-corrected chi connectivity index (χ2v) is 11.0. The van der Waals surface area contributed by atoms with Crippen LogP contribution in [0.4, 0.5) is 37.8 Å². The highest BCUT2D eigenvalue weighted by molar-refractivity contribution is 7.92. The molecule has 0 unspecified atom stereocenters. The average Bonchev–Trinajstić information content (AvgIpc) is 3.35. The zero-order valence-corrected chi connectivity index (χ0v) is 21.8. The Hall–Kier alpha value is -3.08. The Morgan fingerprint density at radius 3 is 2.51 bits per heavy atom. The number of benzene rings is 2. The Morgan fingerprint density at radius 2 is 1.92 bits per heavy atom. The first kappa shape index (κ1) is 28.9. The molecule has 0 atom stereocenters. The average molecular weight is 615 g/mol. The van der Waals surface area contributed by atoms with Crippen molar-refractivity contribution in [3.8, 4) is 0 Å². The van der Waals surface area contributed by atoms with Crippen LogP contribution in [0.1, 0.15) is 17.5 Å². The van der Waals surface area contributed by atoms with Crippen LogP contribution in [0.5, 0.6) is 0 Å². The number of rotatable bonds is 9. The number of anilines is 2. The van der Waals surface area contributed by atoms with Crippen LogP contribution in [0, 0.1) is 17.5 Å². The first-order valence-electron chi connectivity index (χ1n) is 10.9. The molecule has 0 spiro atoms. The van der Waals surface area contributed by atoms with E-state index in [1.54, 1.807) is 6.07 Å². The maximum atomic E-state index is 15.2. The van der Waals surface area contributed by atoms with E-state index in [0.29, 0.717) is 35.1 Å². The van der Waals surface area contributed by atoms with Crippen molar-refractivity contribution < 1.29 is 44.4 Å². The molecule has 1 aliphatic heterocycles. The van der Waals surface area contributed by atoms with Crippen LogP contribution in [0.25, 0.3) is 0 Å². The molecule has 1 aliphatic rings. The largest absolute Gasteiger partial charge is 0.493 e. The zero-order chi connectivity index (χ0) is 28.5. The quantitative estimate of drug-likeness (QED) is 0.200. The zero-order valence-electron chi connectivity index (χ0n) is 19.4. The smallest absolute Gasteiger partial charge is 0.380 e. The van der Waals surface area contributed by atoms with Crippen LogP contribution in [-0.4, -0.2) is 43.5 Å². The van der Waals surface area contributed by atoms with Crippen molar-refractivity contribution in [2.45, 2.75) is 30.6 Å². The standard InChI is InChI=1S/C22H17ClF6N4O4S2/c23-18-16(30-8-12-3-1-4-14(24)13(12)9-32-5-2-6-32)7-15(25)20(19(18)26)39(35,36)33(17-10-38-11-31-17)37-21(34)22(27,28)29/h1,3-4,7,10-11,30H,2,5-6,8-9H2. The normalized spacial score (nSPS) is 14.1. The maximum Gasteiger partial charge on any atom is 0.493 e. The molecule has 0 radical (unpaired) electrons. The van der Waals surface area contributed by atoms with E-state index in [9.17, 15) is 30.8 Å². The minimum atomic E-state index is -5.65. The van der Waals surface area contributed by atoms with E-state index in [-0.39, 0.29) is 6.54 Å². The number of alkyl halides is 3. The van der Waals surface area contributed by atoms with Crippen LogP contribution in [0.15, 0.2) is 40.1 Å². The van der Waals surface area contributed by atoms with Gasteiger partial charge in [-0.05, 0) is 31.1 Å². The van der Waals surface area contributed by atoms with E-state index in [1.165, 1.54) is 12.1 Å². The Bertz CT molecular complexity index is 1480. The molecule has 0 aliphatic carbocycles. The number of likely N-dealkylation sites (tertiary alicyclic amines) is 1. The lowest BCUT2D eigenvalue weighted by Gasteiger charge is -2.31. The van der Waals surface area contributed by atoms with Gasteiger partial charge in [0.1, 0.15) is 16.7 Å². The monoisotopic (exact) mass is 614 g/mol. The van der Waals surface area contributed by atoms with Gasteiger partial charge >= 0.3 is 22.2 Å². The van der Waals surface area contributed by atoms with Gasteiger partial charge in [0.15, 0.2) is 16.5 Å². The molecule has 1 aromatic heterocycles. The van der Waals surface area contributed by atoms with Gasteiger partial charge in [-0.25, -0.2) is 22.9 Å². The molecule has 0 amide bonds. The van der Waals surface area contributed by atoms with Crippen LogP contribution in [0.3, 0.4) is 0 Å². The van der Waals surface area contributed by atoms with Gasteiger partial charge in [0.25, 0.3) is 0 Å². The number of carbonyl (C=O) groups is 1. The van der Waals surface area contributed by atoms with Crippen LogP contribution >= 0.6 is 22.9 Å². The van der Waals surface area contributed by atoms with Crippen molar-refractivity contribution in [3.63, 3.8) is 0 Å². The third-order valence-electron chi connectivity index (χ3n) is 5.61. The predicted molar refractivity (Wildman–Crippen MR) is 129 cm³/mol. The minimum absolute atomic E-state index is 0.153. The molecule has 0 bridgehead atoms. The number of thiazole rings is 1. The molecular weight excluding hydrogens is 598 g/mol. The number of nitrogens with one attached hydrogen (secondary N) is 1. The number of aromatic nitrogens is 1. The highest BCUT2D eigenvalue weighted by atomic mass is 35.5. The number of nitrogens with zero attached hydrogens (tertiary/aromatic N) is 3. The van der Waals surface area contributed by atoms with E-state index < -0.39 is 65.5 Å². The third-order valence-corrected chi connectivity index (χ3v) is 8.14. The van der Waals surface area contributed by atoms with E-state index in [2.05, 4.69) is 15.1 Å². The SMILES string of the molecule is O=C(ON(c1cscn1)S(=O)(=O)c1c(F)cc(NCc2cccc(F)c2CN2CCC2)c(Cl)c1F)C(F)(F)F. The summed E-state index contributed by atoms with van der Waals surface area (Å²) in [4.78, 5) is 19.0. The Kier molecular flexibility index (Phi) is 8.30. The Labute approximate surface area is 226 Å². The number of halogens is 7. The molecule has 2 aromatic carbocycles. The summed E-state index contributed by atoms with van der Waals surface area (Å²) < 4.78 is 108. The minimum Gasteiger partial charge on any atom is -0.380 e. The molecule has 0 saturated carbocycles. The predicted octanol–water partition coefficient (Wildman–Crippen LogP) is 5.25. The van der Waals surface area contributed by atoms with Gasteiger partial charge in [-0.1, -0.05) is 28.2 Å². The number of sulfonamides is 1. The molecule has 210 valence electrons. The van der Waals surface area contributed by atoms with E-state index in [4.69, 9.17) is 11.6 Å². The summed E-state index contributed by atoms with van der Waals surface area (Å²) in [6.07, 6.45) is -4.67. The Morgan fingerprint density at radius 1 is 1.21 bits per heavy atom. The lowest BCUT2D eigenvalue weighted by Crippen LogP contribution is -2.39. The van der Waals surface area contributed by atoms with E-state index in [0.717, 1.165) is 30.4 Å². The molecule has 39 heavy (non-hydrogen) atoms. The third kappa shape index (κ3) is 6.08. The lowest BCUT2D eigenvalue weighted by atomic mass is 10.0. The molecule has 1 fully saturated rings. The molecular formula is C22H17ClF6N4O4S2. The van der Waals surface area contributed by atoms with Crippen LogP contribution < -0.4 is 9.79 Å². The lowest BCUT2D eigenvalue weighted by molar-refractivity contribution is -0.199. The summed E-state index contributed by atoms with van der Waals surface area (Å²) in [5.41, 5.74) is 1.36. The van der Waals surface area contributed by atoms with E-state index in [1.807, 2.05) is 4.90 Å². The van der Waals surface area contributed by atoms with Gasteiger partial charge in [0.2, 0.25) is 0 Å². The highest BCUT2D eigenvalue weighted by Gasteiger charge is 2.46. The second kappa shape index (κ2) is 11.2. The highest BCUT2D eigenvalue weighted by Crippen LogP contribution is 2.36. The Balaban J connectivity index is 1.65. The second-order valence-electron chi connectivity index (χ2n) is 8.18. The van der Waals surface area contributed by atoms with Crippen molar-refractivity contribution in [2.24, 2.45) is 0 Å². The number of carbonyl (C=O) groups excluding carboxylic acids is 1. The fraction of sp³-hybridized carbons (Fsp3) is 0.273. The molecule has 8 nitrogen and oxygen atoms in total. The van der Waals surface area contributed by atoms with Gasteiger partial charge < -0.3 is 10.2 Å². The first-order chi connectivity index (χ1) is 18.3. The van der Waals surface area contributed by atoms with Crippen LogP contribution in [-0.2, 0) is 32.7 Å². The summed E-state index contributed by atoms with van der Waals surface area (Å²) in [6.45, 7) is 1.73. The molecule has 1 N–H and O–H groups in total. The van der Waals surface area contributed by atoms with Gasteiger partial charge in [-0.15, -0.1) is 11.3 Å². The first-order valence-corrected chi connectivity index (χ1v) is 13.7. The van der Waals surface area contributed by atoms with Gasteiger partial charge in [-0.3, -0.25) is 4.90 Å². The molecule has 4 rings (SSSR count). The van der Waals surface area contributed by atoms with Crippen LogP contribution in [0.2, 0.25) is 5.02 Å². The summed E-state index contributed by atoms with van der Waals surface area (Å²) in [5.74, 6) is -7.96. The van der Waals surface area contributed by atoms with Crippen molar-refractivity contribution in [2.75, 3.05) is 22.9 Å². The summed E-state index contributed by atoms with van der Waals surface area (Å²) in [6, 6.07) is 4.80. The summed E-state index contributed by atoms with van der Waals surface area (Å²) >= 11 is 6.67. The maximum absolute atomic E-state index is 15.2. The van der Waals surface area contributed by atoms with Gasteiger partial charge in [0, 0.05) is 30.1 Å². The van der Waals surface area contributed by atoms with Crippen molar-refractivity contribution in [1.82, 2.24) is 9.88 Å². The fourth-order valence-electron chi connectivity index (χ4n) is 3.57. The van der Waals surface area contributed by atoms with Gasteiger partial charge in [0.05, 0.1) is 11.2 Å². The molecule has 2 heterocycles. The van der Waals surface area contributed by atoms with Crippen molar-refractivity contribution in [3.05, 3.63) is 68.8 Å². The molecule has 3 aromatic rings. The topological polar surface area (TPSA) is 91.8 Å². The summed E-state index contributed by atoms with van der Waals surface area (Å²) in [5, 5.41) is 2.56. The molecule has 17 heteroatoms. The van der Waals surface area contributed by atoms with E-state index >= 15 is 8.78 Å². The fourth-order valence-corrected chi connectivity index (χ4v) is 5.73. The number of hydrogen-bond acceptors (Lipinski definition) is 8. The summed E-state index contributed by atoms with van der Waals surface area (Å²) in [7, 11) is -5.65. The van der Waals surface area contributed by atoms with Crippen molar-refractivity contribution >= 4 is 50.4 Å².